The molecule has 6 nitrogen and oxygen atoms in total. The molecule has 0 aliphatic heterocycles. The Balaban J connectivity index is 2.29. The van der Waals surface area contributed by atoms with Crippen LogP contribution in [0, 0.1) is 0 Å². The smallest absolute Gasteiger partial charge is 0.410 e. The number of rotatable bonds is 11. The van der Waals surface area contributed by atoms with Crippen molar-refractivity contribution in [1.82, 2.24) is 10.2 Å². The van der Waals surface area contributed by atoms with Gasteiger partial charge < -0.3 is 15.0 Å². The number of hydrogen-bond donors (Lipinski definition) is 1. The molecule has 1 aromatic carbocycles. The number of nitrogens with one attached hydrogen (secondary N) is 1. The quantitative estimate of drug-likeness (QED) is 0.353. The predicted octanol–water partition coefficient (Wildman–Crippen LogP) is 3.37. The lowest BCUT2D eigenvalue weighted by atomic mass is 10.2. The molecular formula is C18H25N3O3S2. The van der Waals surface area contributed by atoms with Crippen LogP contribution in [0.3, 0.4) is 0 Å². The van der Waals surface area contributed by atoms with Crippen LogP contribution < -0.4 is 10.1 Å². The van der Waals surface area contributed by atoms with Crippen LogP contribution in [0.4, 0.5) is 4.79 Å². The maximum Gasteiger partial charge on any atom is 0.414 e. The van der Waals surface area contributed by atoms with Crippen LogP contribution in [0.15, 0.2) is 29.3 Å². The average molecular weight is 396 g/mol. The van der Waals surface area contributed by atoms with E-state index in [1.165, 1.54) is 4.90 Å². The molecule has 0 aliphatic rings. The summed E-state index contributed by atoms with van der Waals surface area (Å²) in [6.07, 6.45) is 1.55. The molecule has 0 radical (unpaired) electrons. The molecule has 1 N–H and O–H groups in total. The largest absolute Gasteiger partial charge is 0.414 e. The van der Waals surface area contributed by atoms with Gasteiger partial charge in [0.25, 0.3) is 0 Å². The SMILES string of the molecule is CCN(C)C(=O)Oc1cccc(CNC(=O)CSCCCCN=C=S)c1. The highest BCUT2D eigenvalue weighted by Crippen LogP contribution is 2.14. The van der Waals surface area contributed by atoms with Gasteiger partial charge in [0, 0.05) is 26.7 Å². The summed E-state index contributed by atoms with van der Waals surface area (Å²) in [4.78, 5) is 29.0. The van der Waals surface area contributed by atoms with E-state index in [1.54, 1.807) is 37.0 Å². The monoisotopic (exact) mass is 395 g/mol. The molecule has 1 rings (SSSR count). The van der Waals surface area contributed by atoms with E-state index in [0.717, 1.165) is 24.2 Å². The molecule has 0 heterocycles. The van der Waals surface area contributed by atoms with E-state index < -0.39 is 6.09 Å². The third kappa shape index (κ3) is 9.56. The van der Waals surface area contributed by atoms with Crippen molar-refractivity contribution in [3.05, 3.63) is 29.8 Å². The first-order valence-electron chi connectivity index (χ1n) is 8.46. The van der Waals surface area contributed by atoms with Gasteiger partial charge >= 0.3 is 6.09 Å². The molecule has 0 aromatic heterocycles. The van der Waals surface area contributed by atoms with Gasteiger partial charge in [-0.25, -0.2) is 9.79 Å². The highest BCUT2D eigenvalue weighted by molar-refractivity contribution is 7.99. The van der Waals surface area contributed by atoms with Crippen LogP contribution >= 0.6 is 24.0 Å². The zero-order valence-corrected chi connectivity index (χ0v) is 16.8. The minimum Gasteiger partial charge on any atom is -0.410 e. The van der Waals surface area contributed by atoms with Crippen LogP contribution in [0.5, 0.6) is 5.75 Å². The van der Waals surface area contributed by atoms with E-state index >= 15 is 0 Å². The Kier molecular flexibility index (Phi) is 11.4. The maximum atomic E-state index is 11.9. The van der Waals surface area contributed by atoms with Crippen molar-refractivity contribution in [3.8, 4) is 5.75 Å². The summed E-state index contributed by atoms with van der Waals surface area (Å²) in [5.74, 6) is 1.79. The molecule has 2 amide bonds. The molecule has 0 bridgehead atoms. The highest BCUT2D eigenvalue weighted by atomic mass is 32.2. The first kappa shape index (κ1) is 22.2. The fourth-order valence-electron chi connectivity index (χ4n) is 1.88. The molecule has 0 atom stereocenters. The summed E-state index contributed by atoms with van der Waals surface area (Å²) >= 11 is 6.10. The second-order valence-electron chi connectivity index (χ2n) is 5.54. The molecule has 0 fully saturated rings. The summed E-state index contributed by atoms with van der Waals surface area (Å²) in [7, 11) is 1.68. The third-order valence-electron chi connectivity index (χ3n) is 3.49. The fourth-order valence-corrected chi connectivity index (χ4v) is 2.82. The van der Waals surface area contributed by atoms with Gasteiger partial charge in [-0.2, -0.15) is 11.8 Å². The molecule has 1 aromatic rings. The Morgan fingerprint density at radius 3 is 2.92 bits per heavy atom. The molecule has 8 heteroatoms. The van der Waals surface area contributed by atoms with Crippen LogP contribution in [-0.4, -0.2) is 53.7 Å². The Morgan fingerprint density at radius 2 is 2.19 bits per heavy atom. The molecule has 0 unspecified atom stereocenters. The Bertz CT molecular complexity index is 634. The van der Waals surface area contributed by atoms with Gasteiger partial charge in [-0.1, -0.05) is 12.1 Å². The number of thiocarbonyl (C=S) groups is 1. The first-order chi connectivity index (χ1) is 12.6. The lowest BCUT2D eigenvalue weighted by Gasteiger charge is -2.14. The standard InChI is InChI=1S/C18H25N3O3S2/c1-3-21(2)18(23)24-16-8-6-7-15(11-16)12-20-17(22)13-26-10-5-4-9-19-14-25/h6-8,11H,3-5,9-10,12-13H2,1-2H3,(H,20,22). The van der Waals surface area contributed by atoms with E-state index in [2.05, 4.69) is 27.7 Å². The molecular weight excluding hydrogens is 370 g/mol. The molecule has 26 heavy (non-hydrogen) atoms. The van der Waals surface area contributed by atoms with Gasteiger partial charge in [0.05, 0.1) is 10.9 Å². The summed E-state index contributed by atoms with van der Waals surface area (Å²) in [6.45, 7) is 3.55. The lowest BCUT2D eigenvalue weighted by Crippen LogP contribution is -2.29. The summed E-state index contributed by atoms with van der Waals surface area (Å²) in [6, 6.07) is 7.15. The van der Waals surface area contributed by atoms with Crippen molar-refractivity contribution in [2.45, 2.75) is 26.3 Å². The van der Waals surface area contributed by atoms with E-state index in [0.29, 0.717) is 31.1 Å². The number of hydrogen-bond acceptors (Lipinski definition) is 6. The van der Waals surface area contributed by atoms with Crippen molar-refractivity contribution >= 4 is 41.1 Å². The van der Waals surface area contributed by atoms with Crippen LogP contribution in [0.1, 0.15) is 25.3 Å². The van der Waals surface area contributed by atoms with Gasteiger partial charge in [0.2, 0.25) is 5.91 Å². The number of aliphatic imine (C=N–C) groups is 1. The Morgan fingerprint density at radius 1 is 1.38 bits per heavy atom. The van der Waals surface area contributed by atoms with E-state index in [4.69, 9.17) is 4.74 Å². The topological polar surface area (TPSA) is 71.0 Å². The van der Waals surface area contributed by atoms with Gasteiger partial charge in [-0.05, 0) is 55.4 Å². The van der Waals surface area contributed by atoms with Crippen molar-refractivity contribution in [2.24, 2.45) is 4.99 Å². The van der Waals surface area contributed by atoms with Crippen molar-refractivity contribution in [2.75, 3.05) is 31.6 Å². The van der Waals surface area contributed by atoms with Gasteiger partial charge in [-0.3, -0.25) is 4.79 Å². The molecule has 142 valence electrons. The van der Waals surface area contributed by atoms with E-state index in [-0.39, 0.29) is 5.91 Å². The van der Waals surface area contributed by atoms with Gasteiger partial charge in [0.15, 0.2) is 0 Å². The molecule has 0 aliphatic carbocycles. The normalized spacial score (nSPS) is 9.92. The summed E-state index contributed by atoms with van der Waals surface area (Å²) in [5, 5.41) is 5.21. The van der Waals surface area contributed by atoms with E-state index in [9.17, 15) is 9.59 Å². The number of ether oxygens (including phenoxy) is 1. The van der Waals surface area contributed by atoms with Gasteiger partial charge in [-0.15, -0.1) is 0 Å². The van der Waals surface area contributed by atoms with Gasteiger partial charge in [0.1, 0.15) is 5.75 Å². The fraction of sp³-hybridized carbons (Fsp3) is 0.500. The minimum atomic E-state index is -0.402. The zero-order chi connectivity index (χ0) is 19.2. The number of unbranched alkanes of at least 4 members (excludes halogenated alkanes) is 1. The van der Waals surface area contributed by atoms with Crippen LogP contribution in [0.25, 0.3) is 0 Å². The number of nitrogens with zero attached hydrogens (tertiary/aromatic N) is 2. The summed E-state index contributed by atoms with van der Waals surface area (Å²) < 4.78 is 5.29. The Labute approximate surface area is 164 Å². The van der Waals surface area contributed by atoms with Crippen molar-refractivity contribution in [3.63, 3.8) is 0 Å². The number of amides is 2. The average Bonchev–Trinajstić information content (AvgIpc) is 2.65. The van der Waals surface area contributed by atoms with E-state index in [1.807, 2.05) is 13.0 Å². The number of carbonyl (C=O) groups is 2. The number of isothiocyanates is 1. The lowest BCUT2D eigenvalue weighted by molar-refractivity contribution is -0.118. The molecule has 0 saturated heterocycles. The second kappa shape index (κ2) is 13.3. The van der Waals surface area contributed by atoms with Crippen LogP contribution in [0.2, 0.25) is 0 Å². The Hall–Kier alpha value is -1.89. The number of thioether (sulfide) groups is 1. The minimum absolute atomic E-state index is 0.0139. The predicted molar refractivity (Wildman–Crippen MR) is 109 cm³/mol. The second-order valence-corrected chi connectivity index (χ2v) is 6.83. The maximum absolute atomic E-state index is 11.9. The number of benzene rings is 1. The summed E-state index contributed by atoms with van der Waals surface area (Å²) in [5.41, 5.74) is 0.880. The van der Waals surface area contributed by atoms with Crippen molar-refractivity contribution in [1.29, 1.82) is 0 Å². The number of carbonyl (C=O) groups excluding carboxylic acids is 2. The third-order valence-corrected chi connectivity index (χ3v) is 4.66. The first-order valence-corrected chi connectivity index (χ1v) is 10.0. The van der Waals surface area contributed by atoms with Crippen LogP contribution in [-0.2, 0) is 11.3 Å². The zero-order valence-electron chi connectivity index (χ0n) is 15.2. The molecule has 0 spiro atoms. The van der Waals surface area contributed by atoms with Crippen molar-refractivity contribution < 1.29 is 14.3 Å². The highest BCUT2D eigenvalue weighted by Gasteiger charge is 2.09. The molecule has 0 saturated carbocycles.